The van der Waals surface area contributed by atoms with E-state index in [-0.39, 0.29) is 5.97 Å². The summed E-state index contributed by atoms with van der Waals surface area (Å²) in [7, 11) is 0. The summed E-state index contributed by atoms with van der Waals surface area (Å²) >= 11 is 0. The minimum atomic E-state index is -0.498. The second-order valence-corrected chi connectivity index (χ2v) is 5.28. The van der Waals surface area contributed by atoms with Gasteiger partial charge in [-0.1, -0.05) is 18.2 Å². The fourth-order valence-electron chi connectivity index (χ4n) is 1.78. The fourth-order valence-corrected chi connectivity index (χ4v) is 1.78. The van der Waals surface area contributed by atoms with Gasteiger partial charge in [0.05, 0.1) is 5.56 Å². The van der Waals surface area contributed by atoms with Gasteiger partial charge in [0.2, 0.25) is 0 Å². The standard InChI is InChI=1S/C16H17NO2/c1-16(2,3)19-15(18)14-7-5-4-6-13(14)12-8-10-17-11-9-12/h4-11H,1-3H3. The van der Waals surface area contributed by atoms with E-state index < -0.39 is 5.60 Å². The van der Waals surface area contributed by atoms with Crippen LogP contribution in [0.3, 0.4) is 0 Å². The first-order chi connectivity index (χ1) is 8.97. The summed E-state index contributed by atoms with van der Waals surface area (Å²) in [6, 6.07) is 11.2. The van der Waals surface area contributed by atoms with Crippen molar-refractivity contribution in [2.24, 2.45) is 0 Å². The van der Waals surface area contributed by atoms with Crippen LogP contribution >= 0.6 is 0 Å². The van der Waals surface area contributed by atoms with Crippen LogP contribution in [-0.2, 0) is 4.74 Å². The zero-order chi connectivity index (χ0) is 13.9. The van der Waals surface area contributed by atoms with E-state index in [0.29, 0.717) is 5.56 Å². The number of nitrogens with zero attached hydrogens (tertiary/aromatic N) is 1. The summed E-state index contributed by atoms with van der Waals surface area (Å²) in [4.78, 5) is 16.2. The summed E-state index contributed by atoms with van der Waals surface area (Å²) in [5.41, 5.74) is 1.89. The van der Waals surface area contributed by atoms with E-state index in [4.69, 9.17) is 4.74 Å². The number of benzene rings is 1. The van der Waals surface area contributed by atoms with Crippen LogP contribution in [0.5, 0.6) is 0 Å². The second-order valence-electron chi connectivity index (χ2n) is 5.28. The van der Waals surface area contributed by atoms with Gasteiger partial charge < -0.3 is 4.74 Å². The van der Waals surface area contributed by atoms with E-state index in [2.05, 4.69) is 4.98 Å². The summed E-state index contributed by atoms with van der Waals surface area (Å²) in [6.07, 6.45) is 3.42. The molecule has 0 spiro atoms. The van der Waals surface area contributed by atoms with Gasteiger partial charge in [0.15, 0.2) is 0 Å². The number of carbonyl (C=O) groups is 1. The monoisotopic (exact) mass is 255 g/mol. The number of hydrogen-bond acceptors (Lipinski definition) is 3. The van der Waals surface area contributed by atoms with Crippen LogP contribution < -0.4 is 0 Å². The Kier molecular flexibility index (Phi) is 3.65. The van der Waals surface area contributed by atoms with Gasteiger partial charge in [0, 0.05) is 12.4 Å². The number of aromatic nitrogens is 1. The first-order valence-electron chi connectivity index (χ1n) is 6.20. The molecule has 0 radical (unpaired) electrons. The molecule has 3 nitrogen and oxygen atoms in total. The van der Waals surface area contributed by atoms with E-state index in [1.165, 1.54) is 0 Å². The highest BCUT2D eigenvalue weighted by molar-refractivity contribution is 5.97. The lowest BCUT2D eigenvalue weighted by molar-refractivity contribution is 0.00705. The van der Waals surface area contributed by atoms with Gasteiger partial charge in [-0.2, -0.15) is 0 Å². The lowest BCUT2D eigenvalue weighted by Gasteiger charge is -2.20. The van der Waals surface area contributed by atoms with Crippen LogP contribution in [0.4, 0.5) is 0 Å². The maximum Gasteiger partial charge on any atom is 0.339 e. The van der Waals surface area contributed by atoms with Crippen LogP contribution in [0.1, 0.15) is 31.1 Å². The third kappa shape index (κ3) is 3.41. The molecule has 98 valence electrons. The summed E-state index contributed by atoms with van der Waals surface area (Å²) in [5.74, 6) is -0.306. The number of rotatable bonds is 2. The van der Waals surface area contributed by atoms with Gasteiger partial charge in [0.25, 0.3) is 0 Å². The normalized spacial score (nSPS) is 11.1. The zero-order valence-corrected chi connectivity index (χ0v) is 11.4. The van der Waals surface area contributed by atoms with Crippen molar-refractivity contribution in [3.63, 3.8) is 0 Å². The van der Waals surface area contributed by atoms with E-state index in [9.17, 15) is 4.79 Å². The van der Waals surface area contributed by atoms with Crippen molar-refractivity contribution in [3.8, 4) is 11.1 Å². The van der Waals surface area contributed by atoms with Gasteiger partial charge in [-0.3, -0.25) is 4.98 Å². The summed E-state index contributed by atoms with van der Waals surface area (Å²) < 4.78 is 5.43. The Bertz CT molecular complexity index is 571. The predicted molar refractivity (Wildman–Crippen MR) is 74.8 cm³/mol. The first-order valence-corrected chi connectivity index (χ1v) is 6.20. The third-order valence-electron chi connectivity index (χ3n) is 2.54. The highest BCUT2D eigenvalue weighted by Gasteiger charge is 2.20. The van der Waals surface area contributed by atoms with Crippen molar-refractivity contribution < 1.29 is 9.53 Å². The molecule has 19 heavy (non-hydrogen) atoms. The topological polar surface area (TPSA) is 39.2 Å². The average Bonchev–Trinajstić information content (AvgIpc) is 2.38. The Morgan fingerprint density at radius 3 is 2.32 bits per heavy atom. The largest absolute Gasteiger partial charge is 0.456 e. The minimum absolute atomic E-state index is 0.306. The van der Waals surface area contributed by atoms with Gasteiger partial charge in [-0.05, 0) is 50.1 Å². The minimum Gasteiger partial charge on any atom is -0.456 e. The van der Waals surface area contributed by atoms with Crippen LogP contribution in [-0.4, -0.2) is 16.6 Å². The molecule has 0 aliphatic carbocycles. The number of carbonyl (C=O) groups excluding carboxylic acids is 1. The molecule has 3 heteroatoms. The molecular weight excluding hydrogens is 238 g/mol. The van der Waals surface area contributed by atoms with Crippen molar-refractivity contribution in [1.82, 2.24) is 4.98 Å². The third-order valence-corrected chi connectivity index (χ3v) is 2.54. The number of esters is 1. The quantitative estimate of drug-likeness (QED) is 0.768. The Morgan fingerprint density at radius 2 is 1.68 bits per heavy atom. The Balaban J connectivity index is 2.40. The Morgan fingerprint density at radius 1 is 1.05 bits per heavy atom. The predicted octanol–water partition coefficient (Wildman–Crippen LogP) is 3.70. The molecule has 2 rings (SSSR count). The van der Waals surface area contributed by atoms with Gasteiger partial charge >= 0.3 is 5.97 Å². The molecule has 0 aliphatic rings. The van der Waals surface area contributed by atoms with Crippen LogP contribution in [0.2, 0.25) is 0 Å². The van der Waals surface area contributed by atoms with E-state index in [1.807, 2.05) is 51.1 Å². The molecule has 0 amide bonds. The lowest BCUT2D eigenvalue weighted by atomic mass is 10.0. The highest BCUT2D eigenvalue weighted by atomic mass is 16.6. The maximum atomic E-state index is 12.2. The highest BCUT2D eigenvalue weighted by Crippen LogP contribution is 2.24. The van der Waals surface area contributed by atoms with E-state index >= 15 is 0 Å². The molecule has 0 bridgehead atoms. The molecule has 0 saturated carbocycles. The molecule has 0 aliphatic heterocycles. The van der Waals surface area contributed by atoms with Gasteiger partial charge in [-0.25, -0.2) is 4.79 Å². The van der Waals surface area contributed by atoms with E-state index in [1.54, 1.807) is 18.5 Å². The van der Waals surface area contributed by atoms with Gasteiger partial charge in [0.1, 0.15) is 5.60 Å². The van der Waals surface area contributed by atoms with Crippen LogP contribution in [0.25, 0.3) is 11.1 Å². The lowest BCUT2D eigenvalue weighted by Crippen LogP contribution is -2.24. The molecule has 1 heterocycles. The van der Waals surface area contributed by atoms with Crippen LogP contribution in [0.15, 0.2) is 48.8 Å². The van der Waals surface area contributed by atoms with Crippen molar-refractivity contribution in [2.45, 2.75) is 26.4 Å². The molecule has 2 aromatic rings. The van der Waals surface area contributed by atoms with Crippen molar-refractivity contribution in [2.75, 3.05) is 0 Å². The zero-order valence-electron chi connectivity index (χ0n) is 11.4. The SMILES string of the molecule is CC(C)(C)OC(=O)c1ccccc1-c1ccncc1. The summed E-state index contributed by atoms with van der Waals surface area (Å²) in [6.45, 7) is 5.58. The first kappa shape index (κ1) is 13.3. The molecule has 0 fully saturated rings. The molecular formula is C16H17NO2. The molecule has 1 aromatic carbocycles. The number of pyridine rings is 1. The Labute approximate surface area is 113 Å². The fraction of sp³-hybridized carbons (Fsp3) is 0.250. The molecule has 0 atom stereocenters. The average molecular weight is 255 g/mol. The second kappa shape index (κ2) is 5.22. The van der Waals surface area contributed by atoms with Gasteiger partial charge in [-0.15, -0.1) is 0 Å². The molecule has 0 saturated heterocycles. The summed E-state index contributed by atoms with van der Waals surface area (Å²) in [5, 5.41) is 0. The van der Waals surface area contributed by atoms with E-state index in [0.717, 1.165) is 11.1 Å². The van der Waals surface area contributed by atoms with Crippen LogP contribution in [0, 0.1) is 0 Å². The molecule has 0 unspecified atom stereocenters. The number of ether oxygens (including phenoxy) is 1. The maximum absolute atomic E-state index is 12.2. The van der Waals surface area contributed by atoms with Crippen molar-refractivity contribution >= 4 is 5.97 Å². The number of hydrogen-bond donors (Lipinski definition) is 0. The Hall–Kier alpha value is -2.16. The molecule has 0 N–H and O–H groups in total. The molecule has 1 aromatic heterocycles. The van der Waals surface area contributed by atoms with Crippen molar-refractivity contribution in [3.05, 3.63) is 54.4 Å². The smallest absolute Gasteiger partial charge is 0.339 e. The van der Waals surface area contributed by atoms with Crippen molar-refractivity contribution in [1.29, 1.82) is 0 Å².